The van der Waals surface area contributed by atoms with Crippen molar-refractivity contribution >= 4 is 11.9 Å². The Bertz CT molecular complexity index is 336. The van der Waals surface area contributed by atoms with Gasteiger partial charge in [-0.2, -0.15) is 0 Å². The van der Waals surface area contributed by atoms with Crippen molar-refractivity contribution in [2.24, 2.45) is 5.92 Å². The predicted molar refractivity (Wildman–Crippen MR) is 78.5 cm³/mol. The average Bonchev–Trinajstić information content (AvgIpc) is 2.38. The number of nitrogens with one attached hydrogen (secondary N) is 2. The minimum Gasteiger partial charge on any atom is -0.480 e. The molecule has 1 aliphatic carbocycles. The van der Waals surface area contributed by atoms with Gasteiger partial charge < -0.3 is 15.7 Å². The fraction of sp³-hybridized carbons (Fsp3) is 0.867. The third-order valence-corrected chi connectivity index (χ3v) is 4.18. The second-order valence-corrected chi connectivity index (χ2v) is 6.36. The van der Waals surface area contributed by atoms with E-state index < -0.39 is 12.0 Å². The van der Waals surface area contributed by atoms with Crippen LogP contribution in [0.3, 0.4) is 0 Å². The van der Waals surface area contributed by atoms with Crippen molar-refractivity contribution in [2.45, 2.75) is 70.4 Å². The molecule has 1 saturated carbocycles. The van der Waals surface area contributed by atoms with Gasteiger partial charge >= 0.3 is 5.97 Å². The molecular formula is C15H28N2O3. The number of hydrogen-bond acceptors (Lipinski definition) is 3. The van der Waals surface area contributed by atoms with E-state index >= 15 is 0 Å². The first-order valence-electron chi connectivity index (χ1n) is 7.59. The minimum atomic E-state index is -0.950. The molecule has 20 heavy (non-hydrogen) atoms. The Morgan fingerprint density at radius 2 is 1.80 bits per heavy atom. The molecule has 0 radical (unpaired) electrons. The molecule has 5 nitrogen and oxygen atoms in total. The van der Waals surface area contributed by atoms with Gasteiger partial charge in [0.15, 0.2) is 0 Å². The Kier molecular flexibility index (Phi) is 6.46. The second-order valence-electron chi connectivity index (χ2n) is 6.36. The highest BCUT2D eigenvalue weighted by Crippen LogP contribution is 2.30. The van der Waals surface area contributed by atoms with E-state index in [2.05, 4.69) is 10.6 Å². The zero-order valence-electron chi connectivity index (χ0n) is 12.9. The smallest absolute Gasteiger partial charge is 0.326 e. The quantitative estimate of drug-likeness (QED) is 0.667. The zero-order chi connectivity index (χ0) is 15.2. The number of aliphatic carboxylic acids is 1. The molecule has 1 unspecified atom stereocenters. The highest BCUT2D eigenvalue weighted by Gasteiger charge is 2.33. The highest BCUT2D eigenvalue weighted by atomic mass is 16.4. The van der Waals surface area contributed by atoms with E-state index in [1.165, 1.54) is 6.42 Å². The molecule has 1 amide bonds. The predicted octanol–water partition coefficient (Wildman–Crippen LogP) is 1.91. The Morgan fingerprint density at radius 1 is 1.20 bits per heavy atom. The van der Waals surface area contributed by atoms with Gasteiger partial charge in [0.1, 0.15) is 6.04 Å². The third-order valence-electron chi connectivity index (χ3n) is 4.18. The van der Waals surface area contributed by atoms with Gasteiger partial charge in [0.05, 0.1) is 0 Å². The number of amides is 1. The maximum Gasteiger partial charge on any atom is 0.326 e. The van der Waals surface area contributed by atoms with Crippen molar-refractivity contribution in [3.05, 3.63) is 0 Å². The molecule has 0 aromatic carbocycles. The molecule has 0 spiro atoms. The monoisotopic (exact) mass is 284 g/mol. The van der Waals surface area contributed by atoms with Crippen LogP contribution in [-0.2, 0) is 9.59 Å². The van der Waals surface area contributed by atoms with Crippen LogP contribution in [0.25, 0.3) is 0 Å². The normalized spacial score (nSPS) is 19.6. The van der Waals surface area contributed by atoms with Crippen LogP contribution in [0.5, 0.6) is 0 Å². The number of carbonyl (C=O) groups is 2. The van der Waals surface area contributed by atoms with Crippen molar-refractivity contribution in [2.75, 3.05) is 7.05 Å². The lowest BCUT2D eigenvalue weighted by Gasteiger charge is -2.37. The van der Waals surface area contributed by atoms with Gasteiger partial charge in [-0.15, -0.1) is 0 Å². The second kappa shape index (κ2) is 7.62. The van der Waals surface area contributed by atoms with E-state index in [1.807, 2.05) is 20.9 Å². The van der Waals surface area contributed by atoms with Gasteiger partial charge in [0, 0.05) is 12.0 Å². The number of rotatable bonds is 7. The molecule has 0 aromatic rings. The van der Waals surface area contributed by atoms with Crippen molar-refractivity contribution in [1.82, 2.24) is 10.6 Å². The van der Waals surface area contributed by atoms with Crippen LogP contribution < -0.4 is 10.6 Å². The first kappa shape index (κ1) is 17.0. The lowest BCUT2D eigenvalue weighted by Crippen LogP contribution is -2.50. The molecule has 0 saturated heterocycles. The van der Waals surface area contributed by atoms with Gasteiger partial charge in [0.2, 0.25) is 5.91 Å². The Labute approximate surface area is 121 Å². The van der Waals surface area contributed by atoms with Crippen LogP contribution >= 0.6 is 0 Å². The summed E-state index contributed by atoms with van der Waals surface area (Å²) in [5, 5.41) is 15.1. The lowest BCUT2D eigenvalue weighted by molar-refractivity contribution is -0.142. The van der Waals surface area contributed by atoms with E-state index in [9.17, 15) is 9.59 Å². The number of carboxylic acid groups (broad SMARTS) is 1. The van der Waals surface area contributed by atoms with E-state index in [4.69, 9.17) is 5.11 Å². The van der Waals surface area contributed by atoms with Crippen molar-refractivity contribution in [3.8, 4) is 0 Å². The fourth-order valence-corrected chi connectivity index (χ4v) is 2.99. The van der Waals surface area contributed by atoms with Crippen molar-refractivity contribution in [1.29, 1.82) is 0 Å². The van der Waals surface area contributed by atoms with Crippen LogP contribution in [0.4, 0.5) is 0 Å². The summed E-state index contributed by atoms with van der Waals surface area (Å²) in [4.78, 5) is 23.3. The van der Waals surface area contributed by atoms with Crippen LogP contribution in [0.1, 0.15) is 58.8 Å². The van der Waals surface area contributed by atoms with Crippen LogP contribution in [0, 0.1) is 5.92 Å². The van der Waals surface area contributed by atoms with E-state index in [0.29, 0.717) is 12.8 Å². The molecular weight excluding hydrogens is 256 g/mol. The molecule has 0 heterocycles. The van der Waals surface area contributed by atoms with Gasteiger partial charge in [-0.05, 0) is 32.2 Å². The molecule has 116 valence electrons. The van der Waals surface area contributed by atoms with E-state index in [1.54, 1.807) is 0 Å². The standard InChI is InChI=1S/C15H28N2O3/c1-11(2)9-12(14(19)20)17-13(18)10-15(16-3)7-5-4-6-8-15/h11-12,16H,4-10H2,1-3H3,(H,17,18)(H,19,20). The summed E-state index contributed by atoms with van der Waals surface area (Å²) in [7, 11) is 1.89. The van der Waals surface area contributed by atoms with Crippen molar-refractivity contribution < 1.29 is 14.7 Å². The molecule has 0 aliphatic heterocycles. The zero-order valence-corrected chi connectivity index (χ0v) is 12.9. The first-order valence-corrected chi connectivity index (χ1v) is 7.59. The maximum absolute atomic E-state index is 12.2. The molecule has 0 aromatic heterocycles. The maximum atomic E-state index is 12.2. The summed E-state index contributed by atoms with van der Waals surface area (Å²) < 4.78 is 0. The summed E-state index contributed by atoms with van der Waals surface area (Å²) in [6, 6.07) is -0.778. The molecule has 3 N–H and O–H groups in total. The SMILES string of the molecule is CNC1(CC(=O)NC(CC(C)C)C(=O)O)CCCCC1. The Morgan fingerprint density at radius 3 is 2.25 bits per heavy atom. The Hall–Kier alpha value is -1.10. The molecule has 1 fully saturated rings. The molecule has 0 bridgehead atoms. The van der Waals surface area contributed by atoms with Gasteiger partial charge in [0.25, 0.3) is 0 Å². The summed E-state index contributed by atoms with van der Waals surface area (Å²) in [5.74, 6) is -0.868. The van der Waals surface area contributed by atoms with Crippen molar-refractivity contribution in [3.63, 3.8) is 0 Å². The van der Waals surface area contributed by atoms with E-state index in [-0.39, 0.29) is 17.4 Å². The number of carboxylic acids is 1. The van der Waals surface area contributed by atoms with Crippen LogP contribution in [0.15, 0.2) is 0 Å². The summed E-state index contributed by atoms with van der Waals surface area (Å²) in [6.45, 7) is 3.91. The van der Waals surface area contributed by atoms with Crippen LogP contribution in [-0.4, -0.2) is 35.6 Å². The molecule has 1 rings (SSSR count). The first-order chi connectivity index (χ1) is 9.38. The number of carbonyl (C=O) groups excluding carboxylic acids is 1. The van der Waals surface area contributed by atoms with E-state index in [0.717, 1.165) is 25.7 Å². The van der Waals surface area contributed by atoms with Crippen LogP contribution in [0.2, 0.25) is 0 Å². The third kappa shape index (κ3) is 5.12. The molecule has 1 aliphatic rings. The minimum absolute atomic E-state index is 0.150. The lowest BCUT2D eigenvalue weighted by atomic mass is 9.79. The average molecular weight is 284 g/mol. The summed E-state index contributed by atoms with van der Waals surface area (Å²) in [5.41, 5.74) is -0.150. The number of hydrogen-bond donors (Lipinski definition) is 3. The Balaban J connectivity index is 2.57. The van der Waals surface area contributed by atoms with Gasteiger partial charge in [-0.3, -0.25) is 4.79 Å². The molecule has 5 heteroatoms. The van der Waals surface area contributed by atoms with Gasteiger partial charge in [-0.25, -0.2) is 4.79 Å². The highest BCUT2D eigenvalue weighted by molar-refractivity contribution is 5.84. The summed E-state index contributed by atoms with van der Waals surface area (Å²) in [6.07, 6.45) is 6.28. The topological polar surface area (TPSA) is 78.4 Å². The largest absolute Gasteiger partial charge is 0.480 e. The fourth-order valence-electron chi connectivity index (χ4n) is 2.99. The van der Waals surface area contributed by atoms with Gasteiger partial charge in [-0.1, -0.05) is 33.1 Å². The summed E-state index contributed by atoms with van der Waals surface area (Å²) >= 11 is 0. The molecule has 1 atom stereocenters.